The first-order valence-corrected chi connectivity index (χ1v) is 7.26. The van der Waals surface area contributed by atoms with E-state index >= 15 is 0 Å². The Morgan fingerprint density at radius 2 is 2.11 bits per heavy atom. The Balaban J connectivity index is 2.19. The third-order valence-corrected chi connectivity index (χ3v) is 4.29. The van der Waals surface area contributed by atoms with E-state index in [1.54, 1.807) is 13.2 Å². The Morgan fingerprint density at radius 3 is 2.79 bits per heavy atom. The second-order valence-electron chi connectivity index (χ2n) is 5.54. The standard InChI is InChI=1S/C16H25NO2/c1-12-7-5-4-6-10-17(12)13(2)15-9-8-14(19-3)11-16(15)18/h8-9,11-13,18H,4-7,10H2,1-3H3. The Kier molecular flexibility index (Phi) is 4.70. The fourth-order valence-electron chi connectivity index (χ4n) is 3.05. The van der Waals surface area contributed by atoms with Gasteiger partial charge in [-0.2, -0.15) is 0 Å². The number of rotatable bonds is 3. The van der Waals surface area contributed by atoms with Crippen LogP contribution in [-0.2, 0) is 0 Å². The first-order valence-electron chi connectivity index (χ1n) is 7.26. The number of ether oxygens (including phenoxy) is 1. The van der Waals surface area contributed by atoms with Crippen molar-refractivity contribution in [3.8, 4) is 11.5 Å². The van der Waals surface area contributed by atoms with Gasteiger partial charge in [-0.25, -0.2) is 0 Å². The summed E-state index contributed by atoms with van der Waals surface area (Å²) in [6.45, 7) is 5.60. The smallest absolute Gasteiger partial charge is 0.124 e. The predicted molar refractivity (Wildman–Crippen MR) is 77.7 cm³/mol. The van der Waals surface area contributed by atoms with Gasteiger partial charge in [-0.15, -0.1) is 0 Å². The van der Waals surface area contributed by atoms with E-state index in [0.29, 0.717) is 17.5 Å². The summed E-state index contributed by atoms with van der Waals surface area (Å²) in [5.41, 5.74) is 0.995. The van der Waals surface area contributed by atoms with Crippen LogP contribution in [0, 0.1) is 0 Å². The summed E-state index contributed by atoms with van der Waals surface area (Å²) < 4.78 is 5.14. The molecule has 2 rings (SSSR count). The van der Waals surface area contributed by atoms with Gasteiger partial charge in [0.2, 0.25) is 0 Å². The summed E-state index contributed by atoms with van der Waals surface area (Å²) in [5, 5.41) is 10.2. The third-order valence-electron chi connectivity index (χ3n) is 4.29. The first-order chi connectivity index (χ1) is 9.13. The maximum Gasteiger partial charge on any atom is 0.124 e. The van der Waals surface area contributed by atoms with E-state index in [9.17, 15) is 5.11 Å². The maximum atomic E-state index is 10.2. The molecule has 1 aliphatic rings. The van der Waals surface area contributed by atoms with Crippen molar-refractivity contribution in [2.45, 2.75) is 51.6 Å². The zero-order chi connectivity index (χ0) is 13.8. The number of phenols is 1. The zero-order valence-electron chi connectivity index (χ0n) is 12.2. The molecule has 3 heteroatoms. The second kappa shape index (κ2) is 6.29. The van der Waals surface area contributed by atoms with Gasteiger partial charge in [0.05, 0.1) is 7.11 Å². The molecule has 1 aromatic carbocycles. The molecular weight excluding hydrogens is 238 g/mol. The van der Waals surface area contributed by atoms with Crippen molar-refractivity contribution in [1.29, 1.82) is 0 Å². The monoisotopic (exact) mass is 263 g/mol. The fourth-order valence-corrected chi connectivity index (χ4v) is 3.05. The Bertz CT molecular complexity index is 419. The normalized spacial score (nSPS) is 22.8. The molecule has 0 radical (unpaired) electrons. The lowest BCUT2D eigenvalue weighted by Gasteiger charge is -2.33. The average Bonchev–Trinajstić information content (AvgIpc) is 2.62. The lowest BCUT2D eigenvalue weighted by molar-refractivity contribution is 0.155. The number of hydrogen-bond acceptors (Lipinski definition) is 3. The van der Waals surface area contributed by atoms with Crippen LogP contribution in [0.25, 0.3) is 0 Å². The largest absolute Gasteiger partial charge is 0.507 e. The van der Waals surface area contributed by atoms with Crippen LogP contribution >= 0.6 is 0 Å². The zero-order valence-corrected chi connectivity index (χ0v) is 12.2. The van der Waals surface area contributed by atoms with E-state index in [4.69, 9.17) is 4.74 Å². The summed E-state index contributed by atoms with van der Waals surface area (Å²) in [6.07, 6.45) is 5.15. The van der Waals surface area contributed by atoms with E-state index in [2.05, 4.69) is 18.7 Å². The molecule has 106 valence electrons. The van der Waals surface area contributed by atoms with Crippen LogP contribution in [0.15, 0.2) is 18.2 Å². The molecule has 0 aliphatic carbocycles. The highest BCUT2D eigenvalue weighted by molar-refractivity contribution is 5.41. The minimum Gasteiger partial charge on any atom is -0.507 e. The van der Waals surface area contributed by atoms with Crippen molar-refractivity contribution in [2.24, 2.45) is 0 Å². The van der Waals surface area contributed by atoms with Gasteiger partial charge in [0.15, 0.2) is 0 Å². The molecule has 0 amide bonds. The molecule has 0 saturated carbocycles. The highest BCUT2D eigenvalue weighted by Crippen LogP contribution is 2.34. The summed E-state index contributed by atoms with van der Waals surface area (Å²) in [6, 6.07) is 6.44. The number of likely N-dealkylation sites (tertiary alicyclic amines) is 1. The van der Waals surface area contributed by atoms with Crippen molar-refractivity contribution in [1.82, 2.24) is 4.90 Å². The summed E-state index contributed by atoms with van der Waals surface area (Å²) in [4.78, 5) is 2.51. The highest BCUT2D eigenvalue weighted by atomic mass is 16.5. The van der Waals surface area contributed by atoms with E-state index in [-0.39, 0.29) is 6.04 Å². The van der Waals surface area contributed by atoms with Gasteiger partial charge < -0.3 is 9.84 Å². The maximum absolute atomic E-state index is 10.2. The molecule has 1 fully saturated rings. The van der Waals surface area contributed by atoms with Gasteiger partial charge in [-0.05, 0) is 39.3 Å². The SMILES string of the molecule is COc1ccc(C(C)N2CCCCCC2C)c(O)c1. The van der Waals surface area contributed by atoms with Gasteiger partial charge in [0, 0.05) is 23.7 Å². The van der Waals surface area contributed by atoms with Crippen molar-refractivity contribution < 1.29 is 9.84 Å². The van der Waals surface area contributed by atoms with Gasteiger partial charge in [0.1, 0.15) is 11.5 Å². The van der Waals surface area contributed by atoms with Crippen LogP contribution in [0.2, 0.25) is 0 Å². The van der Waals surface area contributed by atoms with E-state index < -0.39 is 0 Å². The molecule has 1 heterocycles. The fraction of sp³-hybridized carbons (Fsp3) is 0.625. The molecule has 19 heavy (non-hydrogen) atoms. The van der Waals surface area contributed by atoms with Gasteiger partial charge in [-0.3, -0.25) is 4.90 Å². The molecule has 0 spiro atoms. The minimum atomic E-state index is 0.249. The topological polar surface area (TPSA) is 32.7 Å². The minimum absolute atomic E-state index is 0.249. The van der Waals surface area contributed by atoms with Crippen molar-refractivity contribution in [3.05, 3.63) is 23.8 Å². The molecular formula is C16H25NO2. The lowest BCUT2D eigenvalue weighted by Crippen LogP contribution is -2.35. The molecule has 1 aromatic rings. The summed E-state index contributed by atoms with van der Waals surface area (Å²) >= 11 is 0. The number of aromatic hydroxyl groups is 1. The Labute approximate surface area is 116 Å². The Morgan fingerprint density at radius 1 is 1.32 bits per heavy atom. The molecule has 0 aromatic heterocycles. The molecule has 0 bridgehead atoms. The molecule has 2 unspecified atom stereocenters. The molecule has 1 aliphatic heterocycles. The molecule has 2 atom stereocenters. The number of phenolic OH excluding ortho intramolecular Hbond substituents is 1. The molecule has 1 saturated heterocycles. The van der Waals surface area contributed by atoms with E-state index in [0.717, 1.165) is 12.1 Å². The summed E-state index contributed by atoms with van der Waals surface area (Å²) in [7, 11) is 1.62. The van der Waals surface area contributed by atoms with Crippen LogP contribution in [0.5, 0.6) is 11.5 Å². The molecule has 3 nitrogen and oxygen atoms in total. The second-order valence-corrected chi connectivity index (χ2v) is 5.54. The predicted octanol–water partition coefficient (Wildman–Crippen LogP) is 3.73. The quantitative estimate of drug-likeness (QED) is 0.902. The van der Waals surface area contributed by atoms with E-state index in [1.807, 2.05) is 12.1 Å². The van der Waals surface area contributed by atoms with Crippen LogP contribution in [0.4, 0.5) is 0 Å². The average molecular weight is 263 g/mol. The molecule has 1 N–H and O–H groups in total. The van der Waals surface area contributed by atoms with Crippen molar-refractivity contribution in [2.75, 3.05) is 13.7 Å². The van der Waals surface area contributed by atoms with Crippen molar-refractivity contribution >= 4 is 0 Å². The van der Waals surface area contributed by atoms with Crippen LogP contribution < -0.4 is 4.74 Å². The highest BCUT2D eigenvalue weighted by Gasteiger charge is 2.24. The van der Waals surface area contributed by atoms with E-state index in [1.165, 1.54) is 25.7 Å². The van der Waals surface area contributed by atoms with Gasteiger partial charge in [0.25, 0.3) is 0 Å². The lowest BCUT2D eigenvalue weighted by atomic mass is 10.0. The summed E-state index contributed by atoms with van der Waals surface area (Å²) in [5.74, 6) is 1.04. The van der Waals surface area contributed by atoms with Gasteiger partial charge >= 0.3 is 0 Å². The number of hydrogen-bond donors (Lipinski definition) is 1. The van der Waals surface area contributed by atoms with Gasteiger partial charge in [-0.1, -0.05) is 18.9 Å². The van der Waals surface area contributed by atoms with Crippen LogP contribution in [0.1, 0.15) is 51.1 Å². The van der Waals surface area contributed by atoms with Crippen molar-refractivity contribution in [3.63, 3.8) is 0 Å². The number of methoxy groups -OCH3 is 1. The third kappa shape index (κ3) is 3.21. The van der Waals surface area contributed by atoms with Crippen LogP contribution in [-0.4, -0.2) is 29.7 Å². The number of nitrogens with zero attached hydrogens (tertiary/aromatic N) is 1. The Hall–Kier alpha value is -1.22. The number of benzene rings is 1. The first kappa shape index (κ1) is 14.2. The van der Waals surface area contributed by atoms with Crippen LogP contribution in [0.3, 0.4) is 0 Å².